The highest BCUT2D eigenvalue weighted by atomic mass is 14.6. The molecule has 176 valence electrons. The van der Waals surface area contributed by atoms with Gasteiger partial charge in [-0.25, -0.2) is 0 Å². The van der Waals surface area contributed by atoms with E-state index < -0.39 is 0 Å². The van der Waals surface area contributed by atoms with Crippen LogP contribution in [-0.4, -0.2) is 4.98 Å². The highest BCUT2D eigenvalue weighted by Gasteiger charge is 2.19. The van der Waals surface area contributed by atoms with Gasteiger partial charge in [-0.3, -0.25) is 4.98 Å². The van der Waals surface area contributed by atoms with Crippen molar-refractivity contribution < 1.29 is 0 Å². The van der Waals surface area contributed by atoms with Gasteiger partial charge in [0, 0.05) is 17.8 Å². The zero-order valence-electron chi connectivity index (χ0n) is 21.1. The second-order valence-electron chi connectivity index (χ2n) is 10.2. The average molecular weight is 474 g/mol. The van der Waals surface area contributed by atoms with Crippen LogP contribution in [0.4, 0.5) is 0 Å². The van der Waals surface area contributed by atoms with Gasteiger partial charge in [0.25, 0.3) is 0 Å². The Morgan fingerprint density at radius 3 is 1.95 bits per heavy atom. The highest BCUT2D eigenvalue weighted by molar-refractivity contribution is 6.23. The smallest absolute Gasteiger partial charge is 0.0353 e. The number of nitrogens with zero attached hydrogens (tertiary/aromatic N) is 1. The first-order valence-corrected chi connectivity index (χ1v) is 13.0. The Kier molecular flexibility index (Phi) is 5.04. The maximum Gasteiger partial charge on any atom is 0.0353 e. The predicted molar refractivity (Wildman–Crippen MR) is 159 cm³/mol. The van der Waals surface area contributed by atoms with E-state index in [1.807, 2.05) is 12.4 Å². The molecule has 0 saturated carbocycles. The van der Waals surface area contributed by atoms with Crippen LogP contribution in [-0.2, 0) is 0 Å². The van der Waals surface area contributed by atoms with Crippen LogP contribution < -0.4 is 0 Å². The van der Waals surface area contributed by atoms with Crippen LogP contribution in [0.3, 0.4) is 0 Å². The summed E-state index contributed by atoms with van der Waals surface area (Å²) < 4.78 is 0. The first kappa shape index (κ1) is 21.8. The highest BCUT2D eigenvalue weighted by Crippen LogP contribution is 2.46. The molecule has 1 aromatic heterocycles. The molecule has 7 rings (SSSR count). The molecule has 37 heavy (non-hydrogen) atoms. The lowest BCUT2D eigenvalue weighted by molar-refractivity contribution is 0.876. The Labute approximate surface area is 217 Å². The van der Waals surface area contributed by atoms with E-state index in [1.165, 1.54) is 70.9 Å². The van der Waals surface area contributed by atoms with Crippen molar-refractivity contribution >= 4 is 43.1 Å². The Morgan fingerprint density at radius 2 is 1.16 bits per heavy atom. The van der Waals surface area contributed by atoms with Gasteiger partial charge < -0.3 is 0 Å². The summed E-state index contributed by atoms with van der Waals surface area (Å²) in [4.78, 5) is 4.62. The molecule has 0 aliphatic heterocycles. The predicted octanol–water partition coefficient (Wildman–Crippen LogP) is 10.2. The van der Waals surface area contributed by atoms with Gasteiger partial charge in [-0.15, -0.1) is 0 Å². The second kappa shape index (κ2) is 8.57. The fourth-order valence-electron chi connectivity index (χ4n) is 6.01. The average Bonchev–Trinajstić information content (AvgIpc) is 2.95. The van der Waals surface area contributed by atoms with Crippen molar-refractivity contribution in [3.63, 3.8) is 0 Å². The molecule has 7 aromatic rings. The van der Waals surface area contributed by atoms with E-state index in [0.29, 0.717) is 5.92 Å². The van der Waals surface area contributed by atoms with E-state index in [2.05, 4.69) is 128 Å². The molecule has 0 bridgehead atoms. The Hall–Kier alpha value is -4.49. The van der Waals surface area contributed by atoms with E-state index in [4.69, 9.17) is 0 Å². The molecule has 0 amide bonds. The molecular weight excluding hydrogens is 446 g/mol. The first-order valence-electron chi connectivity index (χ1n) is 13.0. The lowest BCUT2D eigenvalue weighted by Gasteiger charge is -2.20. The van der Waals surface area contributed by atoms with Crippen LogP contribution in [0.2, 0.25) is 0 Å². The third-order valence-corrected chi connectivity index (χ3v) is 7.71. The summed E-state index contributed by atoms with van der Waals surface area (Å²) in [6, 6.07) is 39.9. The lowest BCUT2D eigenvalue weighted by atomic mass is 9.84. The van der Waals surface area contributed by atoms with Gasteiger partial charge in [-0.2, -0.15) is 0 Å². The topological polar surface area (TPSA) is 12.9 Å². The molecule has 0 N–H and O–H groups in total. The van der Waals surface area contributed by atoms with Crippen LogP contribution >= 0.6 is 0 Å². The molecule has 1 heteroatoms. The van der Waals surface area contributed by atoms with E-state index in [1.54, 1.807) is 0 Å². The van der Waals surface area contributed by atoms with Crippen LogP contribution in [0.1, 0.15) is 25.3 Å². The summed E-state index contributed by atoms with van der Waals surface area (Å²) in [5, 5.41) is 10.1. The second-order valence-corrected chi connectivity index (χ2v) is 10.2. The number of hydrogen-bond acceptors (Lipinski definition) is 1. The van der Waals surface area contributed by atoms with Gasteiger partial charge in [0.15, 0.2) is 0 Å². The Bertz CT molecular complexity index is 1910. The van der Waals surface area contributed by atoms with Crippen molar-refractivity contribution in [1.82, 2.24) is 4.98 Å². The van der Waals surface area contributed by atoms with Gasteiger partial charge in [-0.1, -0.05) is 111 Å². The summed E-state index contributed by atoms with van der Waals surface area (Å²) >= 11 is 0. The minimum absolute atomic E-state index is 0.462. The molecule has 0 radical (unpaired) electrons. The van der Waals surface area contributed by atoms with Gasteiger partial charge in [0.1, 0.15) is 0 Å². The molecule has 0 saturated heterocycles. The van der Waals surface area contributed by atoms with Crippen molar-refractivity contribution in [3.8, 4) is 22.3 Å². The molecule has 0 aliphatic rings. The molecule has 0 spiro atoms. The standard InChI is InChI=1S/C36H27N/c1-23(2)27-17-18-32(29-12-6-5-11-28(27)29)36-31-14-8-7-13-30(31)35(33-19-20-37-22-34(33)36)26-16-15-24-9-3-4-10-25(24)21-26/h3-23H,1-2H3. The number of pyridine rings is 1. The summed E-state index contributed by atoms with van der Waals surface area (Å²) in [7, 11) is 0. The minimum atomic E-state index is 0.462. The van der Waals surface area contributed by atoms with Crippen LogP contribution in [0, 0.1) is 0 Å². The van der Waals surface area contributed by atoms with Crippen molar-refractivity contribution in [2.45, 2.75) is 19.8 Å². The molecule has 0 aliphatic carbocycles. The molecule has 0 atom stereocenters. The van der Waals surface area contributed by atoms with Gasteiger partial charge >= 0.3 is 0 Å². The molecule has 0 fully saturated rings. The zero-order chi connectivity index (χ0) is 24.9. The van der Waals surface area contributed by atoms with E-state index in [9.17, 15) is 0 Å². The van der Waals surface area contributed by atoms with Crippen LogP contribution in [0.15, 0.2) is 122 Å². The van der Waals surface area contributed by atoms with Gasteiger partial charge in [0.2, 0.25) is 0 Å². The molecule has 6 aromatic carbocycles. The summed E-state index contributed by atoms with van der Waals surface area (Å²) in [6.07, 6.45) is 3.97. The van der Waals surface area contributed by atoms with E-state index >= 15 is 0 Å². The van der Waals surface area contributed by atoms with Gasteiger partial charge in [0.05, 0.1) is 0 Å². The molecule has 0 unspecified atom stereocenters. The third-order valence-electron chi connectivity index (χ3n) is 7.71. The largest absolute Gasteiger partial charge is 0.264 e. The Morgan fingerprint density at radius 1 is 0.514 bits per heavy atom. The molecular formula is C36H27N. The maximum absolute atomic E-state index is 4.62. The Balaban J connectivity index is 1.63. The fourth-order valence-corrected chi connectivity index (χ4v) is 6.01. The number of benzene rings is 6. The minimum Gasteiger partial charge on any atom is -0.264 e. The normalized spacial score (nSPS) is 11.8. The number of fused-ring (bicyclic) bond motifs is 4. The van der Waals surface area contributed by atoms with Crippen LogP contribution in [0.25, 0.3) is 65.3 Å². The van der Waals surface area contributed by atoms with Crippen molar-refractivity contribution in [3.05, 3.63) is 127 Å². The molecule has 1 heterocycles. The molecule has 1 nitrogen and oxygen atoms in total. The summed E-state index contributed by atoms with van der Waals surface area (Å²) in [5.74, 6) is 0.462. The quantitative estimate of drug-likeness (QED) is 0.233. The monoisotopic (exact) mass is 473 g/mol. The van der Waals surface area contributed by atoms with Crippen molar-refractivity contribution in [1.29, 1.82) is 0 Å². The SMILES string of the molecule is CC(C)c1ccc(-c2c3ccccc3c(-c3ccc4ccccc4c3)c3ccncc23)c2ccccc12. The maximum atomic E-state index is 4.62. The number of aromatic nitrogens is 1. The number of hydrogen-bond donors (Lipinski definition) is 0. The summed E-state index contributed by atoms with van der Waals surface area (Å²) in [6.45, 7) is 4.54. The number of rotatable bonds is 3. The third kappa shape index (κ3) is 3.42. The van der Waals surface area contributed by atoms with Crippen LogP contribution in [0.5, 0.6) is 0 Å². The van der Waals surface area contributed by atoms with E-state index in [0.717, 1.165) is 0 Å². The first-order chi connectivity index (χ1) is 18.2. The van der Waals surface area contributed by atoms with Crippen molar-refractivity contribution in [2.75, 3.05) is 0 Å². The van der Waals surface area contributed by atoms with E-state index in [-0.39, 0.29) is 0 Å². The van der Waals surface area contributed by atoms with Crippen molar-refractivity contribution in [2.24, 2.45) is 0 Å². The summed E-state index contributed by atoms with van der Waals surface area (Å²) in [5.41, 5.74) is 6.41. The fraction of sp³-hybridized carbons (Fsp3) is 0.0833. The lowest BCUT2D eigenvalue weighted by Crippen LogP contribution is -1.94. The van der Waals surface area contributed by atoms with Gasteiger partial charge in [-0.05, 0) is 83.6 Å². The zero-order valence-corrected chi connectivity index (χ0v) is 21.1.